The van der Waals surface area contributed by atoms with Crippen LogP contribution in [0, 0.1) is 0 Å². The average molecular weight is 406 g/mol. The minimum atomic E-state index is 0.450. The van der Waals surface area contributed by atoms with E-state index in [9.17, 15) is 4.79 Å². The van der Waals surface area contributed by atoms with E-state index < -0.39 is 0 Å². The number of carbonyl (C=O) groups excluding carboxylic acids is 1. The Labute approximate surface area is 176 Å². The molecule has 0 amide bonds. The second-order valence-corrected chi connectivity index (χ2v) is 7.06. The highest BCUT2D eigenvalue weighted by Crippen LogP contribution is 2.19. The molecule has 0 aliphatic carbocycles. The van der Waals surface area contributed by atoms with Crippen molar-refractivity contribution in [2.75, 3.05) is 32.5 Å². The first-order chi connectivity index (χ1) is 14.7. The number of likely N-dealkylation sites (N-methyl/N-ethyl adjacent to an activating group) is 1. The number of benzene rings is 1. The second kappa shape index (κ2) is 11.1. The third kappa shape index (κ3) is 6.40. The molecule has 8 heteroatoms. The molecule has 30 heavy (non-hydrogen) atoms. The van der Waals surface area contributed by atoms with Crippen molar-refractivity contribution in [1.29, 1.82) is 0 Å². The number of aldehydes is 1. The summed E-state index contributed by atoms with van der Waals surface area (Å²) in [6.07, 6.45) is 5.95. The Morgan fingerprint density at radius 3 is 2.87 bits per heavy atom. The fourth-order valence-electron chi connectivity index (χ4n) is 3.09. The van der Waals surface area contributed by atoms with Gasteiger partial charge >= 0.3 is 0 Å². The molecule has 0 fully saturated rings. The first kappa shape index (κ1) is 21.5. The summed E-state index contributed by atoms with van der Waals surface area (Å²) >= 11 is 0. The zero-order valence-electron chi connectivity index (χ0n) is 17.4. The van der Waals surface area contributed by atoms with Gasteiger partial charge in [0.05, 0.1) is 6.54 Å². The normalized spacial score (nSPS) is 10.9. The lowest BCUT2D eigenvalue weighted by Gasteiger charge is -2.12. The van der Waals surface area contributed by atoms with E-state index in [-0.39, 0.29) is 0 Å². The molecule has 8 nitrogen and oxygen atoms in total. The van der Waals surface area contributed by atoms with Crippen molar-refractivity contribution in [3.63, 3.8) is 0 Å². The van der Waals surface area contributed by atoms with Crippen molar-refractivity contribution in [2.24, 2.45) is 0 Å². The summed E-state index contributed by atoms with van der Waals surface area (Å²) in [6.45, 7) is 2.09. The summed E-state index contributed by atoms with van der Waals surface area (Å²) in [5, 5.41) is 6.39. The van der Waals surface area contributed by atoms with Crippen LogP contribution in [0.2, 0.25) is 0 Å². The molecule has 0 unspecified atom stereocenters. The lowest BCUT2D eigenvalue weighted by Crippen LogP contribution is -2.22. The number of nitrogens with zero attached hydrogens (tertiary/aromatic N) is 5. The first-order valence-electron chi connectivity index (χ1n) is 9.95. The molecule has 0 aliphatic rings. The van der Waals surface area contributed by atoms with Crippen molar-refractivity contribution in [1.82, 2.24) is 30.2 Å². The van der Waals surface area contributed by atoms with Gasteiger partial charge in [-0.15, -0.1) is 0 Å². The van der Waals surface area contributed by atoms with E-state index >= 15 is 0 Å². The highest BCUT2D eigenvalue weighted by atomic mass is 16.1. The Morgan fingerprint density at radius 2 is 2.03 bits per heavy atom. The van der Waals surface area contributed by atoms with Crippen LogP contribution in [0.25, 0.3) is 11.4 Å². The van der Waals surface area contributed by atoms with Crippen LogP contribution in [0.3, 0.4) is 0 Å². The maximum atomic E-state index is 10.6. The van der Waals surface area contributed by atoms with Crippen molar-refractivity contribution in [3.8, 4) is 11.4 Å². The highest BCUT2D eigenvalue weighted by molar-refractivity contribution is 5.59. The van der Waals surface area contributed by atoms with Crippen LogP contribution in [0.1, 0.15) is 17.7 Å². The van der Waals surface area contributed by atoms with Crippen LogP contribution in [-0.2, 0) is 17.8 Å². The molecule has 3 rings (SSSR count). The third-order valence-corrected chi connectivity index (χ3v) is 4.57. The van der Waals surface area contributed by atoms with Crippen LogP contribution in [0.4, 0.5) is 11.6 Å². The summed E-state index contributed by atoms with van der Waals surface area (Å²) in [7, 11) is 3.86. The summed E-state index contributed by atoms with van der Waals surface area (Å²) < 4.78 is 0. The number of aryl methyl sites for hydroxylation is 1. The van der Waals surface area contributed by atoms with Gasteiger partial charge in [0.25, 0.3) is 0 Å². The Hall–Kier alpha value is -3.23. The van der Waals surface area contributed by atoms with E-state index in [1.807, 2.05) is 43.3 Å². The second-order valence-electron chi connectivity index (χ2n) is 7.06. The molecule has 0 saturated heterocycles. The van der Waals surface area contributed by atoms with Crippen molar-refractivity contribution >= 4 is 17.9 Å². The van der Waals surface area contributed by atoms with Gasteiger partial charge in [-0.1, -0.05) is 12.1 Å². The molecule has 156 valence electrons. The first-order valence-corrected chi connectivity index (χ1v) is 9.95. The van der Waals surface area contributed by atoms with Gasteiger partial charge in [-0.25, -0.2) is 9.97 Å². The number of anilines is 2. The number of nitrogens with one attached hydrogen (secondary N) is 2. The molecule has 0 spiro atoms. The van der Waals surface area contributed by atoms with Gasteiger partial charge in [-0.3, -0.25) is 9.88 Å². The van der Waals surface area contributed by atoms with E-state index in [2.05, 4.69) is 42.7 Å². The van der Waals surface area contributed by atoms with Gasteiger partial charge in [0.15, 0.2) is 5.82 Å². The van der Waals surface area contributed by atoms with Crippen molar-refractivity contribution < 1.29 is 4.79 Å². The molecular formula is C22H27N7O. The predicted molar refractivity (Wildman–Crippen MR) is 117 cm³/mol. The summed E-state index contributed by atoms with van der Waals surface area (Å²) in [5.74, 6) is 1.09. The predicted octanol–water partition coefficient (Wildman–Crippen LogP) is 2.46. The molecule has 0 radical (unpaired) electrons. The summed E-state index contributed by atoms with van der Waals surface area (Å²) in [4.78, 5) is 30.1. The van der Waals surface area contributed by atoms with Gasteiger partial charge < -0.3 is 15.4 Å². The molecule has 2 heterocycles. The van der Waals surface area contributed by atoms with Gasteiger partial charge in [0.2, 0.25) is 5.95 Å². The molecule has 0 atom stereocenters. The number of pyridine rings is 1. The van der Waals surface area contributed by atoms with Crippen molar-refractivity contribution in [3.05, 3.63) is 60.2 Å². The van der Waals surface area contributed by atoms with Crippen LogP contribution >= 0.6 is 0 Å². The zero-order valence-corrected chi connectivity index (χ0v) is 17.4. The van der Waals surface area contributed by atoms with Crippen molar-refractivity contribution in [2.45, 2.75) is 19.4 Å². The van der Waals surface area contributed by atoms with Crippen LogP contribution in [0.15, 0.2) is 48.9 Å². The Kier molecular flexibility index (Phi) is 7.94. The SMILES string of the molecule is CNCc1cccc(Nc2ncnc(-c3ccnc(CCCN(C)CC=O)c3)n2)c1. The summed E-state index contributed by atoms with van der Waals surface area (Å²) in [6, 6.07) is 12.0. The van der Waals surface area contributed by atoms with E-state index in [1.165, 1.54) is 11.9 Å². The zero-order chi connectivity index (χ0) is 21.2. The molecular weight excluding hydrogens is 378 g/mol. The molecule has 2 aromatic heterocycles. The quantitative estimate of drug-likeness (QED) is 0.470. The lowest BCUT2D eigenvalue weighted by atomic mass is 10.1. The standard InChI is InChI=1S/C22H27N7O/c1-23-15-17-5-3-6-20(13-17)27-22-26-16-25-21(28-22)18-8-9-24-19(14-18)7-4-10-29(2)11-12-30/h3,5-6,8-9,12-14,16,23H,4,7,10-11,15H2,1-2H3,(H,25,26,27,28). The van der Waals surface area contributed by atoms with E-state index in [0.29, 0.717) is 18.3 Å². The Bertz CT molecular complexity index is 963. The van der Waals surface area contributed by atoms with Gasteiger partial charge in [-0.05, 0) is 63.3 Å². The number of hydrogen-bond acceptors (Lipinski definition) is 8. The third-order valence-electron chi connectivity index (χ3n) is 4.57. The largest absolute Gasteiger partial charge is 0.324 e. The van der Waals surface area contributed by atoms with Crippen LogP contribution in [-0.4, -0.2) is 58.3 Å². The molecule has 2 N–H and O–H groups in total. The van der Waals surface area contributed by atoms with Crippen LogP contribution in [0.5, 0.6) is 0 Å². The topological polar surface area (TPSA) is 95.9 Å². The highest BCUT2D eigenvalue weighted by Gasteiger charge is 2.07. The van der Waals surface area contributed by atoms with E-state index in [1.54, 1.807) is 6.20 Å². The number of carbonyl (C=O) groups is 1. The smallest absolute Gasteiger partial charge is 0.230 e. The summed E-state index contributed by atoms with van der Waals surface area (Å²) in [5.41, 5.74) is 3.97. The number of hydrogen-bond donors (Lipinski definition) is 2. The fraction of sp³-hybridized carbons (Fsp3) is 0.318. The van der Waals surface area contributed by atoms with Gasteiger partial charge in [0.1, 0.15) is 12.6 Å². The molecule has 0 aliphatic heterocycles. The molecule has 0 bridgehead atoms. The van der Waals surface area contributed by atoms with Crippen LogP contribution < -0.4 is 10.6 Å². The molecule has 3 aromatic rings. The van der Waals surface area contributed by atoms with E-state index in [0.717, 1.165) is 49.2 Å². The lowest BCUT2D eigenvalue weighted by molar-refractivity contribution is -0.108. The maximum Gasteiger partial charge on any atom is 0.230 e. The Morgan fingerprint density at radius 1 is 1.13 bits per heavy atom. The average Bonchev–Trinajstić information content (AvgIpc) is 2.75. The maximum absolute atomic E-state index is 10.6. The monoisotopic (exact) mass is 405 g/mol. The molecule has 0 saturated carbocycles. The molecule has 1 aromatic carbocycles. The number of aromatic nitrogens is 4. The van der Waals surface area contributed by atoms with Gasteiger partial charge in [0, 0.05) is 29.7 Å². The minimum absolute atomic E-state index is 0.450. The Balaban J connectivity index is 1.68. The van der Waals surface area contributed by atoms with Gasteiger partial charge in [-0.2, -0.15) is 4.98 Å². The minimum Gasteiger partial charge on any atom is -0.324 e. The van der Waals surface area contributed by atoms with E-state index in [4.69, 9.17) is 0 Å². The number of rotatable bonds is 11. The fourth-order valence-corrected chi connectivity index (χ4v) is 3.09.